The lowest BCUT2D eigenvalue weighted by Crippen LogP contribution is -2.65. The Balaban J connectivity index is 2.02. The maximum atomic E-state index is 13.5. The van der Waals surface area contributed by atoms with Crippen LogP contribution in [0.4, 0.5) is 17.6 Å². The van der Waals surface area contributed by atoms with Crippen molar-refractivity contribution in [2.24, 2.45) is 5.73 Å². The van der Waals surface area contributed by atoms with Gasteiger partial charge in [0.1, 0.15) is 5.82 Å². The first kappa shape index (κ1) is 29.9. The number of carbonyl (C=O) groups is 2. The van der Waals surface area contributed by atoms with Crippen LogP contribution < -0.4 is 11.1 Å². The number of rotatable bonds is 11. The van der Waals surface area contributed by atoms with E-state index in [0.717, 1.165) is 11.8 Å². The average Bonchev–Trinajstić information content (AvgIpc) is 3.39. The predicted molar refractivity (Wildman–Crippen MR) is 140 cm³/mol. The zero-order valence-corrected chi connectivity index (χ0v) is 22.1. The van der Waals surface area contributed by atoms with Gasteiger partial charge in [-0.2, -0.15) is 24.9 Å². The molecule has 14 heteroatoms. The fourth-order valence-corrected chi connectivity index (χ4v) is 5.61. The summed E-state index contributed by atoms with van der Waals surface area (Å²) >= 11 is 0.976. The number of nitrogens with two attached hydrogens (primary N) is 1. The molecule has 0 saturated carbocycles. The smallest absolute Gasteiger partial charge is 0.367 e. The Morgan fingerprint density at radius 2 is 1.82 bits per heavy atom. The number of nitrogens with zero attached hydrogens (tertiary/aromatic N) is 2. The Morgan fingerprint density at radius 3 is 2.38 bits per heavy atom. The van der Waals surface area contributed by atoms with Gasteiger partial charge in [-0.25, -0.2) is 17.8 Å². The van der Waals surface area contributed by atoms with Crippen LogP contribution in [-0.2, 0) is 21.2 Å². The number of carbonyl (C=O) groups excluding carboxylic acids is 2. The van der Waals surface area contributed by atoms with Crippen molar-refractivity contribution in [1.82, 2.24) is 14.9 Å². The molecule has 0 aliphatic carbocycles. The third-order valence-corrected chi connectivity index (χ3v) is 8.40. The van der Waals surface area contributed by atoms with Crippen molar-refractivity contribution in [3.63, 3.8) is 0 Å². The van der Waals surface area contributed by atoms with E-state index in [0.29, 0.717) is 23.2 Å². The first-order valence-corrected chi connectivity index (χ1v) is 14.1. The van der Waals surface area contributed by atoms with Gasteiger partial charge in [-0.05, 0) is 59.1 Å². The monoisotopic (exact) mass is 584 g/mol. The molecule has 39 heavy (non-hydrogen) atoms. The van der Waals surface area contributed by atoms with Gasteiger partial charge in [-0.15, -0.1) is 0 Å². The number of benzene rings is 2. The molecule has 0 unspecified atom stereocenters. The minimum absolute atomic E-state index is 0.211. The summed E-state index contributed by atoms with van der Waals surface area (Å²) in [5.74, 6) is -3.74. The van der Waals surface area contributed by atoms with Crippen LogP contribution in [-0.4, -0.2) is 52.2 Å². The van der Waals surface area contributed by atoms with Crippen molar-refractivity contribution in [3.8, 4) is 0 Å². The van der Waals surface area contributed by atoms with Gasteiger partial charge in [0.15, 0.2) is 0 Å². The molecule has 0 fully saturated rings. The van der Waals surface area contributed by atoms with Crippen molar-refractivity contribution in [1.29, 1.82) is 0 Å². The molecule has 8 nitrogen and oxygen atoms in total. The van der Waals surface area contributed by atoms with Gasteiger partial charge in [0, 0.05) is 30.9 Å². The van der Waals surface area contributed by atoms with Crippen LogP contribution in [0, 0.1) is 5.82 Å². The molecule has 0 aliphatic rings. The number of sulfone groups is 1. The Labute approximate surface area is 226 Å². The molecule has 0 aliphatic heterocycles. The molecule has 1 aromatic heterocycles. The van der Waals surface area contributed by atoms with E-state index in [4.69, 9.17) is 5.73 Å². The molecule has 1 atom stereocenters. The molecule has 2 aromatic carbocycles. The fourth-order valence-electron chi connectivity index (χ4n) is 3.71. The molecular formula is C25H24F4N4O4S2. The summed E-state index contributed by atoms with van der Waals surface area (Å²) in [5, 5.41) is 1.77. The number of alkyl halides is 3. The highest BCUT2D eigenvalue weighted by Crippen LogP contribution is 2.35. The summed E-state index contributed by atoms with van der Waals surface area (Å²) in [7, 11) is -6.24. The number of aromatic nitrogens is 2. The van der Waals surface area contributed by atoms with E-state index in [-0.39, 0.29) is 11.3 Å². The zero-order valence-electron chi connectivity index (χ0n) is 20.5. The summed E-state index contributed by atoms with van der Waals surface area (Å²) in [6, 6.07) is 11.3. The van der Waals surface area contributed by atoms with Crippen LogP contribution in [0.2, 0.25) is 0 Å². The zero-order chi connectivity index (χ0) is 28.8. The number of primary amides is 1. The Bertz CT molecular complexity index is 1460. The largest absolute Gasteiger partial charge is 0.500 e. The minimum atomic E-state index is -6.24. The van der Waals surface area contributed by atoms with Gasteiger partial charge in [0.05, 0.1) is 6.33 Å². The number of nitrogens with one attached hydrogen (secondary N) is 1. The third kappa shape index (κ3) is 6.68. The highest BCUT2D eigenvalue weighted by molar-refractivity contribution is 7.98. The van der Waals surface area contributed by atoms with Gasteiger partial charge in [0.25, 0.3) is 21.7 Å². The van der Waals surface area contributed by atoms with Crippen molar-refractivity contribution < 1.29 is 35.6 Å². The molecule has 0 bridgehead atoms. The van der Waals surface area contributed by atoms with Crippen LogP contribution in [0.1, 0.15) is 27.9 Å². The molecule has 0 spiro atoms. The van der Waals surface area contributed by atoms with Crippen LogP contribution in [0.15, 0.2) is 67.3 Å². The topological polar surface area (TPSA) is 124 Å². The number of amides is 2. The van der Waals surface area contributed by atoms with Crippen molar-refractivity contribution >= 4 is 45.1 Å². The summed E-state index contributed by atoms with van der Waals surface area (Å²) in [6.45, 7) is 0.311. The average molecular weight is 585 g/mol. The van der Waals surface area contributed by atoms with Gasteiger partial charge in [-0.3, -0.25) is 9.59 Å². The second kappa shape index (κ2) is 12.0. The summed E-state index contributed by atoms with van der Waals surface area (Å²) < 4.78 is 80.7. The second-order valence-corrected chi connectivity index (χ2v) is 11.5. The SMILES string of the molecule is CSCC[C@@](NC(=O)c1cccc(/C=C(/Cn2ccnc2)c2ccc(F)cc2)c1)(C(N)=O)S(=O)(=O)C(F)(F)F. The first-order valence-electron chi connectivity index (χ1n) is 11.3. The van der Waals surface area contributed by atoms with Crippen molar-refractivity contribution in [3.05, 3.63) is 89.8 Å². The number of allylic oxidation sites excluding steroid dienone is 1. The number of hydrogen-bond donors (Lipinski definition) is 2. The molecular weight excluding hydrogens is 560 g/mol. The predicted octanol–water partition coefficient (Wildman–Crippen LogP) is 3.86. The summed E-state index contributed by atoms with van der Waals surface area (Å²) in [5.41, 5.74) is 0.865. The third-order valence-electron chi connectivity index (χ3n) is 5.75. The van der Waals surface area contributed by atoms with E-state index >= 15 is 0 Å². The number of hydrogen-bond acceptors (Lipinski definition) is 6. The maximum absolute atomic E-state index is 13.5. The minimum Gasteiger partial charge on any atom is -0.367 e. The van der Waals surface area contributed by atoms with Gasteiger partial charge in [0.2, 0.25) is 4.87 Å². The van der Waals surface area contributed by atoms with E-state index in [9.17, 15) is 35.6 Å². The normalized spacial score (nSPS) is 14.0. The lowest BCUT2D eigenvalue weighted by Gasteiger charge is -2.31. The summed E-state index contributed by atoms with van der Waals surface area (Å²) in [4.78, 5) is 25.9. The van der Waals surface area contributed by atoms with E-state index in [1.165, 1.54) is 36.6 Å². The molecule has 3 N–H and O–H groups in total. The van der Waals surface area contributed by atoms with E-state index < -0.39 is 44.3 Å². The first-order chi connectivity index (χ1) is 18.3. The molecule has 1 heterocycles. The van der Waals surface area contributed by atoms with Crippen LogP contribution in [0.5, 0.6) is 0 Å². The number of halogens is 4. The fraction of sp³-hybridized carbons (Fsp3) is 0.240. The van der Waals surface area contributed by atoms with E-state index in [1.54, 1.807) is 52.9 Å². The molecule has 2 amide bonds. The van der Waals surface area contributed by atoms with Crippen molar-refractivity contribution in [2.75, 3.05) is 12.0 Å². The Morgan fingerprint density at radius 1 is 1.13 bits per heavy atom. The number of thioether (sulfide) groups is 1. The van der Waals surface area contributed by atoms with Gasteiger partial charge >= 0.3 is 5.51 Å². The highest BCUT2D eigenvalue weighted by Gasteiger charge is 2.63. The van der Waals surface area contributed by atoms with Gasteiger partial charge in [-0.1, -0.05) is 24.3 Å². The maximum Gasteiger partial charge on any atom is 0.500 e. The van der Waals surface area contributed by atoms with Crippen molar-refractivity contribution in [2.45, 2.75) is 23.3 Å². The van der Waals surface area contributed by atoms with E-state index in [2.05, 4.69) is 4.98 Å². The van der Waals surface area contributed by atoms with Crippen LogP contribution in [0.25, 0.3) is 11.6 Å². The van der Waals surface area contributed by atoms with Crippen LogP contribution in [0.3, 0.4) is 0 Å². The molecule has 3 aromatic rings. The summed E-state index contributed by atoms with van der Waals surface area (Å²) in [6.07, 6.45) is 7.12. The Kier molecular flexibility index (Phi) is 9.22. The lowest BCUT2D eigenvalue weighted by molar-refractivity contribution is -0.122. The quantitative estimate of drug-likeness (QED) is 0.261. The molecule has 208 valence electrons. The second-order valence-electron chi connectivity index (χ2n) is 8.37. The molecule has 0 saturated heterocycles. The van der Waals surface area contributed by atoms with Gasteiger partial charge < -0.3 is 15.6 Å². The number of imidazole rings is 1. The Hall–Kier alpha value is -3.65. The molecule has 0 radical (unpaired) electrons. The standard InChI is InChI=1S/C25H24F4N4O4S2/c1-38-12-9-24(23(30)35,39(36,37)25(27,28)29)32-22(34)19-4-2-3-17(13-19)14-20(15-33-11-10-31-16-33)18-5-7-21(26)8-6-18/h2-8,10-11,13-14,16H,9,12,15H2,1H3,(H2,30,35)(H,32,34)/b20-14-/t24-/m0/s1. The van der Waals surface area contributed by atoms with Crippen LogP contribution >= 0.6 is 11.8 Å². The lowest BCUT2D eigenvalue weighted by atomic mass is 10.0. The molecule has 3 rings (SSSR count). The highest BCUT2D eigenvalue weighted by atomic mass is 32.2. The van der Waals surface area contributed by atoms with E-state index in [1.807, 2.05) is 0 Å².